The van der Waals surface area contributed by atoms with Gasteiger partial charge in [0, 0.05) is 6.54 Å². The number of rotatable bonds is 2. The van der Waals surface area contributed by atoms with Gasteiger partial charge in [-0.1, -0.05) is 24.3 Å². The van der Waals surface area contributed by atoms with Gasteiger partial charge in [-0.15, -0.1) is 0 Å². The van der Waals surface area contributed by atoms with Crippen LogP contribution in [-0.2, 0) is 6.54 Å². The first-order valence-electron chi connectivity index (χ1n) is 3.71. The summed E-state index contributed by atoms with van der Waals surface area (Å²) in [5.41, 5.74) is 7.42. The maximum absolute atomic E-state index is 9.28. The molecule has 0 heterocycles. The van der Waals surface area contributed by atoms with Crippen molar-refractivity contribution in [3.8, 4) is 0 Å². The third kappa shape index (κ3) is 1.79. The van der Waals surface area contributed by atoms with Crippen LogP contribution in [0, 0.1) is 0 Å². The number of benzene rings is 1. The number of aliphatic hydroxyl groups is 1. The summed E-state index contributed by atoms with van der Waals surface area (Å²) in [5.74, 6) is 0. The van der Waals surface area contributed by atoms with Gasteiger partial charge in [0.25, 0.3) is 0 Å². The topological polar surface area (TPSA) is 46.2 Å². The lowest BCUT2D eigenvalue weighted by Crippen LogP contribution is -2.03. The molecule has 60 valence electrons. The molecule has 0 bridgehead atoms. The molecule has 0 radical (unpaired) electrons. The highest BCUT2D eigenvalue weighted by molar-refractivity contribution is 5.28. The van der Waals surface area contributed by atoms with Gasteiger partial charge in [-0.2, -0.15) is 0 Å². The fraction of sp³-hybridized carbons (Fsp3) is 0.333. The van der Waals surface area contributed by atoms with Crippen LogP contribution in [0.3, 0.4) is 0 Å². The first-order chi connectivity index (χ1) is 5.25. The number of hydrogen-bond donors (Lipinski definition) is 2. The first-order valence-corrected chi connectivity index (χ1v) is 3.71. The van der Waals surface area contributed by atoms with Gasteiger partial charge in [0.15, 0.2) is 0 Å². The summed E-state index contributed by atoms with van der Waals surface area (Å²) in [5, 5.41) is 9.28. The van der Waals surface area contributed by atoms with Crippen molar-refractivity contribution in [1.82, 2.24) is 0 Å². The fourth-order valence-electron chi connectivity index (χ4n) is 1.13. The average Bonchev–Trinajstić information content (AvgIpc) is 2.04. The minimum Gasteiger partial charge on any atom is -0.389 e. The van der Waals surface area contributed by atoms with Gasteiger partial charge >= 0.3 is 0 Å². The third-order valence-electron chi connectivity index (χ3n) is 1.73. The Labute approximate surface area is 66.7 Å². The molecule has 1 aromatic rings. The maximum atomic E-state index is 9.28. The van der Waals surface area contributed by atoms with Crippen molar-refractivity contribution in [3.63, 3.8) is 0 Å². The van der Waals surface area contributed by atoms with Crippen LogP contribution in [0.4, 0.5) is 0 Å². The second kappa shape index (κ2) is 3.51. The molecule has 0 aliphatic rings. The number of aliphatic hydroxyl groups excluding tert-OH is 1. The van der Waals surface area contributed by atoms with Crippen LogP contribution in [-0.4, -0.2) is 5.11 Å². The average molecular weight is 151 g/mol. The summed E-state index contributed by atoms with van der Waals surface area (Å²) >= 11 is 0. The second-order valence-electron chi connectivity index (χ2n) is 2.58. The molecule has 0 aliphatic carbocycles. The van der Waals surface area contributed by atoms with E-state index in [9.17, 15) is 5.11 Å². The Kier molecular flexibility index (Phi) is 2.63. The summed E-state index contributed by atoms with van der Waals surface area (Å²) in [6.45, 7) is 2.23. The van der Waals surface area contributed by atoms with Crippen LogP contribution < -0.4 is 5.73 Å². The molecule has 1 atom stereocenters. The van der Waals surface area contributed by atoms with Crippen LogP contribution >= 0.6 is 0 Å². The molecular formula is C9H13NO. The lowest BCUT2D eigenvalue weighted by atomic mass is 10.0. The summed E-state index contributed by atoms with van der Waals surface area (Å²) in [4.78, 5) is 0. The summed E-state index contributed by atoms with van der Waals surface area (Å²) in [6, 6.07) is 7.66. The molecule has 0 fully saturated rings. The van der Waals surface area contributed by atoms with Gasteiger partial charge in [0.1, 0.15) is 0 Å². The zero-order valence-corrected chi connectivity index (χ0v) is 6.62. The van der Waals surface area contributed by atoms with E-state index >= 15 is 0 Å². The molecule has 11 heavy (non-hydrogen) atoms. The molecule has 0 spiro atoms. The van der Waals surface area contributed by atoms with Crippen molar-refractivity contribution in [3.05, 3.63) is 35.4 Å². The van der Waals surface area contributed by atoms with E-state index in [4.69, 9.17) is 5.73 Å². The van der Waals surface area contributed by atoms with Gasteiger partial charge in [-0.25, -0.2) is 0 Å². The molecule has 1 rings (SSSR count). The highest BCUT2D eigenvalue weighted by Gasteiger charge is 2.03. The monoisotopic (exact) mass is 151 g/mol. The first kappa shape index (κ1) is 8.24. The molecular weight excluding hydrogens is 138 g/mol. The Morgan fingerprint density at radius 2 is 2.09 bits per heavy atom. The Balaban J connectivity index is 3.02. The van der Waals surface area contributed by atoms with Crippen LogP contribution in [0.5, 0.6) is 0 Å². The van der Waals surface area contributed by atoms with Gasteiger partial charge in [-0.3, -0.25) is 0 Å². The molecule has 0 aliphatic heterocycles. The Hall–Kier alpha value is -0.860. The summed E-state index contributed by atoms with van der Waals surface area (Å²) in [6.07, 6.45) is -0.422. The van der Waals surface area contributed by atoms with Gasteiger partial charge < -0.3 is 10.8 Å². The standard InChI is InChI=1S/C9H13NO/c1-7(11)9-5-3-2-4-8(9)6-10/h2-5,7,11H,6,10H2,1H3/t7-/m1/s1. The minimum atomic E-state index is -0.422. The van der Waals surface area contributed by atoms with E-state index in [1.165, 1.54) is 0 Å². The molecule has 0 amide bonds. The summed E-state index contributed by atoms with van der Waals surface area (Å²) in [7, 11) is 0. The molecule has 1 aromatic carbocycles. The molecule has 2 nitrogen and oxygen atoms in total. The SMILES string of the molecule is C[C@@H](O)c1ccccc1CN. The van der Waals surface area contributed by atoms with Crippen LogP contribution in [0.15, 0.2) is 24.3 Å². The normalized spacial score (nSPS) is 13.0. The quantitative estimate of drug-likeness (QED) is 0.667. The molecule has 0 saturated heterocycles. The smallest absolute Gasteiger partial charge is 0.0765 e. The lowest BCUT2D eigenvalue weighted by Gasteiger charge is -2.08. The predicted octanol–water partition coefficient (Wildman–Crippen LogP) is 1.20. The summed E-state index contributed by atoms with van der Waals surface area (Å²) < 4.78 is 0. The Morgan fingerprint density at radius 3 is 2.55 bits per heavy atom. The van der Waals surface area contributed by atoms with Gasteiger partial charge in [0.05, 0.1) is 6.10 Å². The van der Waals surface area contributed by atoms with Crippen molar-refractivity contribution in [2.24, 2.45) is 5.73 Å². The predicted molar refractivity (Wildman–Crippen MR) is 45.0 cm³/mol. The maximum Gasteiger partial charge on any atom is 0.0765 e. The fourth-order valence-corrected chi connectivity index (χ4v) is 1.13. The molecule has 0 saturated carbocycles. The van der Waals surface area contributed by atoms with E-state index in [0.717, 1.165) is 11.1 Å². The minimum absolute atomic E-state index is 0.422. The Morgan fingerprint density at radius 1 is 1.45 bits per heavy atom. The number of nitrogens with two attached hydrogens (primary N) is 1. The third-order valence-corrected chi connectivity index (χ3v) is 1.73. The zero-order valence-electron chi connectivity index (χ0n) is 6.62. The van der Waals surface area contributed by atoms with Gasteiger partial charge in [0.2, 0.25) is 0 Å². The van der Waals surface area contributed by atoms with E-state index < -0.39 is 6.10 Å². The number of hydrogen-bond acceptors (Lipinski definition) is 2. The van der Waals surface area contributed by atoms with E-state index in [1.807, 2.05) is 24.3 Å². The van der Waals surface area contributed by atoms with E-state index in [2.05, 4.69) is 0 Å². The van der Waals surface area contributed by atoms with Crippen molar-refractivity contribution in [2.45, 2.75) is 19.6 Å². The van der Waals surface area contributed by atoms with Crippen LogP contribution in [0.25, 0.3) is 0 Å². The largest absolute Gasteiger partial charge is 0.389 e. The van der Waals surface area contributed by atoms with Crippen molar-refractivity contribution >= 4 is 0 Å². The molecule has 0 unspecified atom stereocenters. The van der Waals surface area contributed by atoms with Crippen molar-refractivity contribution in [1.29, 1.82) is 0 Å². The van der Waals surface area contributed by atoms with Gasteiger partial charge in [-0.05, 0) is 18.1 Å². The second-order valence-corrected chi connectivity index (χ2v) is 2.58. The molecule has 3 N–H and O–H groups in total. The van der Waals surface area contributed by atoms with Crippen LogP contribution in [0.2, 0.25) is 0 Å². The van der Waals surface area contributed by atoms with Crippen LogP contribution in [0.1, 0.15) is 24.2 Å². The molecule has 2 heteroatoms. The molecule has 0 aromatic heterocycles. The van der Waals surface area contributed by atoms with E-state index in [0.29, 0.717) is 6.54 Å². The van der Waals surface area contributed by atoms with E-state index in [1.54, 1.807) is 6.92 Å². The van der Waals surface area contributed by atoms with Crippen molar-refractivity contribution in [2.75, 3.05) is 0 Å². The van der Waals surface area contributed by atoms with Crippen molar-refractivity contribution < 1.29 is 5.11 Å². The highest BCUT2D eigenvalue weighted by Crippen LogP contribution is 2.16. The Bertz CT molecular complexity index is 233. The van der Waals surface area contributed by atoms with E-state index in [-0.39, 0.29) is 0 Å². The lowest BCUT2D eigenvalue weighted by molar-refractivity contribution is 0.198. The highest BCUT2D eigenvalue weighted by atomic mass is 16.3. The zero-order chi connectivity index (χ0) is 8.27.